The van der Waals surface area contributed by atoms with E-state index in [1.807, 2.05) is 0 Å². The molecule has 0 heterocycles. The first-order valence-corrected chi connectivity index (χ1v) is 2.54. The summed E-state index contributed by atoms with van der Waals surface area (Å²) in [5.74, 6) is 0. The van der Waals surface area contributed by atoms with Gasteiger partial charge in [0.15, 0.2) is 6.29 Å². The molecule has 0 saturated heterocycles. The Bertz CT molecular complexity index is 107. The minimum atomic E-state index is -1.28. The molecule has 0 fully saturated rings. The zero-order valence-electron chi connectivity index (χ0n) is 5.69. The quantitative estimate of drug-likeness (QED) is 0.280. The minimum Gasteiger partial charge on any atom is -0.365 e. The maximum absolute atomic E-state index is 9.00. The first-order valence-electron chi connectivity index (χ1n) is 2.54. The summed E-state index contributed by atoms with van der Waals surface area (Å²) in [5, 5.41) is 16.0. The van der Waals surface area contributed by atoms with Gasteiger partial charge in [-0.3, -0.25) is 0 Å². The summed E-state index contributed by atoms with van der Waals surface area (Å²) < 4.78 is 0. The van der Waals surface area contributed by atoms with Crippen molar-refractivity contribution in [2.75, 3.05) is 0 Å². The number of carbonyl (C=O) groups excluding carboxylic acids is 1. The number of aliphatic hydroxyl groups is 2. The lowest BCUT2D eigenvalue weighted by Crippen LogP contribution is -2.18. The van der Waals surface area contributed by atoms with Crippen molar-refractivity contribution >= 4 is 6.03 Å². The van der Waals surface area contributed by atoms with Crippen molar-refractivity contribution in [1.29, 1.82) is 0 Å². The van der Waals surface area contributed by atoms with E-state index < -0.39 is 12.3 Å². The van der Waals surface area contributed by atoms with Gasteiger partial charge < -0.3 is 21.7 Å². The molecule has 10 heavy (non-hydrogen) atoms. The average molecular weight is 148 g/mol. The lowest BCUT2D eigenvalue weighted by atomic mass is 10.5. The Labute approximate surface area is 58.9 Å². The molecular weight excluding hydrogens is 136 g/mol. The van der Waals surface area contributed by atoms with Crippen LogP contribution in [0.4, 0.5) is 4.79 Å². The molecule has 0 saturated carbocycles. The van der Waals surface area contributed by atoms with Crippen LogP contribution in [0, 0.1) is 0 Å². The van der Waals surface area contributed by atoms with Crippen LogP contribution in [-0.2, 0) is 0 Å². The molecule has 0 aromatic carbocycles. The van der Waals surface area contributed by atoms with Crippen molar-refractivity contribution in [3.63, 3.8) is 0 Å². The van der Waals surface area contributed by atoms with E-state index in [4.69, 9.17) is 15.0 Å². The standard InChI is InChI=1S/C4H8O2.CH4N2O/c1-2-3-4(5)6;2-1(3)4/h2-6H,1H3;(H4,2,3,4). The van der Waals surface area contributed by atoms with E-state index in [9.17, 15) is 0 Å². The summed E-state index contributed by atoms with van der Waals surface area (Å²) in [4.78, 5) is 9.00. The molecular formula is C5H12N2O3. The molecule has 0 aliphatic carbocycles. The summed E-state index contributed by atoms with van der Waals surface area (Å²) in [6.45, 7) is 1.72. The monoisotopic (exact) mass is 148 g/mol. The number of nitrogens with two attached hydrogens (primary N) is 2. The fourth-order valence-corrected chi connectivity index (χ4v) is 0.172. The molecule has 0 unspecified atom stereocenters. The van der Waals surface area contributed by atoms with Gasteiger partial charge in [-0.15, -0.1) is 0 Å². The number of primary amides is 2. The number of urea groups is 1. The Balaban J connectivity index is 0. The lowest BCUT2D eigenvalue weighted by molar-refractivity contribution is 0.00228. The maximum atomic E-state index is 9.00. The van der Waals surface area contributed by atoms with Crippen LogP contribution >= 0.6 is 0 Å². The fraction of sp³-hybridized carbons (Fsp3) is 0.400. The Morgan fingerprint density at radius 2 is 1.80 bits per heavy atom. The van der Waals surface area contributed by atoms with Crippen LogP contribution in [-0.4, -0.2) is 22.5 Å². The van der Waals surface area contributed by atoms with E-state index in [0.717, 1.165) is 0 Å². The van der Waals surface area contributed by atoms with Gasteiger partial charge in [-0.25, -0.2) is 4.79 Å². The van der Waals surface area contributed by atoms with Crippen LogP contribution in [0.5, 0.6) is 0 Å². The van der Waals surface area contributed by atoms with Gasteiger partial charge in [0.25, 0.3) is 0 Å². The molecule has 6 N–H and O–H groups in total. The summed E-state index contributed by atoms with van der Waals surface area (Å²) in [6, 6.07) is -0.833. The molecule has 0 bridgehead atoms. The van der Waals surface area contributed by atoms with Gasteiger partial charge in [-0.1, -0.05) is 6.08 Å². The Morgan fingerprint density at radius 1 is 1.50 bits per heavy atom. The van der Waals surface area contributed by atoms with Gasteiger partial charge >= 0.3 is 6.03 Å². The third kappa shape index (κ3) is 65.4. The zero-order valence-corrected chi connectivity index (χ0v) is 5.69. The van der Waals surface area contributed by atoms with Gasteiger partial charge in [0.05, 0.1) is 0 Å². The highest BCUT2D eigenvalue weighted by atomic mass is 16.5. The molecule has 0 atom stereocenters. The highest BCUT2D eigenvalue weighted by Crippen LogP contribution is 1.74. The van der Waals surface area contributed by atoms with Crippen molar-refractivity contribution in [2.45, 2.75) is 13.2 Å². The van der Waals surface area contributed by atoms with Crippen molar-refractivity contribution in [1.82, 2.24) is 0 Å². The van der Waals surface area contributed by atoms with E-state index in [-0.39, 0.29) is 0 Å². The Hall–Kier alpha value is -1.07. The van der Waals surface area contributed by atoms with Gasteiger partial charge in [0.2, 0.25) is 0 Å². The fourth-order valence-electron chi connectivity index (χ4n) is 0.172. The van der Waals surface area contributed by atoms with Crippen molar-refractivity contribution in [3.8, 4) is 0 Å². The van der Waals surface area contributed by atoms with Crippen LogP contribution in [0.3, 0.4) is 0 Å². The molecule has 5 heteroatoms. The van der Waals surface area contributed by atoms with Crippen LogP contribution in [0.2, 0.25) is 0 Å². The van der Waals surface area contributed by atoms with Gasteiger partial charge in [0, 0.05) is 0 Å². The predicted molar refractivity (Wildman–Crippen MR) is 36.8 cm³/mol. The number of rotatable bonds is 1. The summed E-state index contributed by atoms with van der Waals surface area (Å²) in [5.41, 5.74) is 8.50. The largest absolute Gasteiger partial charge is 0.365 e. The number of allylic oxidation sites excluding steroid dienone is 1. The predicted octanol–water partition coefficient (Wildman–Crippen LogP) is -1.10. The van der Waals surface area contributed by atoms with E-state index in [1.165, 1.54) is 6.08 Å². The summed E-state index contributed by atoms with van der Waals surface area (Å²) >= 11 is 0. The van der Waals surface area contributed by atoms with E-state index >= 15 is 0 Å². The smallest absolute Gasteiger partial charge is 0.309 e. The normalized spacial score (nSPS) is 9.20. The summed E-state index contributed by atoms with van der Waals surface area (Å²) in [6.07, 6.45) is 1.57. The van der Waals surface area contributed by atoms with Crippen molar-refractivity contribution in [2.24, 2.45) is 11.5 Å². The number of hydrogen-bond acceptors (Lipinski definition) is 3. The molecule has 0 radical (unpaired) electrons. The highest BCUT2D eigenvalue weighted by molar-refractivity contribution is 5.69. The molecule has 0 aliphatic heterocycles. The van der Waals surface area contributed by atoms with Crippen LogP contribution < -0.4 is 11.5 Å². The van der Waals surface area contributed by atoms with Crippen LogP contribution in [0.15, 0.2) is 12.2 Å². The van der Waals surface area contributed by atoms with Gasteiger partial charge in [0.1, 0.15) is 0 Å². The first-order chi connectivity index (χ1) is 4.50. The molecule has 0 rings (SSSR count). The number of aliphatic hydroxyl groups excluding tert-OH is 1. The molecule has 0 aliphatic rings. The topological polar surface area (TPSA) is 110 Å². The third-order valence-corrected chi connectivity index (χ3v) is 0.365. The number of hydrogen-bond donors (Lipinski definition) is 4. The summed E-state index contributed by atoms with van der Waals surface area (Å²) in [7, 11) is 0. The number of carbonyl (C=O) groups is 1. The van der Waals surface area contributed by atoms with Gasteiger partial charge in [-0.05, 0) is 13.0 Å². The van der Waals surface area contributed by atoms with Crippen molar-refractivity contribution in [3.05, 3.63) is 12.2 Å². The molecule has 60 valence electrons. The first kappa shape index (κ1) is 11.7. The molecule has 0 spiro atoms. The molecule has 0 aromatic rings. The Morgan fingerprint density at radius 3 is 1.80 bits per heavy atom. The second-order valence-corrected chi connectivity index (χ2v) is 1.34. The zero-order chi connectivity index (χ0) is 8.57. The minimum absolute atomic E-state index is 0.833. The average Bonchev–Trinajstić information content (AvgIpc) is 1.62. The van der Waals surface area contributed by atoms with E-state index in [0.29, 0.717) is 0 Å². The van der Waals surface area contributed by atoms with Gasteiger partial charge in [-0.2, -0.15) is 0 Å². The molecule has 2 amide bonds. The van der Waals surface area contributed by atoms with Crippen LogP contribution in [0.1, 0.15) is 6.92 Å². The second-order valence-electron chi connectivity index (χ2n) is 1.34. The third-order valence-electron chi connectivity index (χ3n) is 0.365. The van der Waals surface area contributed by atoms with Crippen LogP contribution in [0.25, 0.3) is 0 Å². The van der Waals surface area contributed by atoms with E-state index in [1.54, 1.807) is 13.0 Å². The molecule has 5 nitrogen and oxygen atoms in total. The highest BCUT2D eigenvalue weighted by Gasteiger charge is 1.79. The number of amides is 2. The Kier molecular flexibility index (Phi) is 9.27. The SMILES string of the molecule is CC=CC(O)O.NC(N)=O. The van der Waals surface area contributed by atoms with E-state index in [2.05, 4.69) is 11.5 Å². The lowest BCUT2D eigenvalue weighted by Gasteiger charge is -1.86. The second kappa shape index (κ2) is 7.93. The molecule has 0 aromatic heterocycles. The maximum Gasteiger partial charge on any atom is 0.309 e. The van der Waals surface area contributed by atoms with Crippen molar-refractivity contribution < 1.29 is 15.0 Å².